The van der Waals surface area contributed by atoms with Crippen LogP contribution in [0.1, 0.15) is 5.56 Å². The molecule has 3 aromatic rings. The number of aromatic nitrogens is 2. The number of amides is 1. The number of fused-ring (bicyclic) bond motifs is 1. The first-order chi connectivity index (χ1) is 12.6. The second-order valence-corrected chi connectivity index (χ2v) is 6.28. The molecule has 0 unspecified atom stereocenters. The van der Waals surface area contributed by atoms with Crippen molar-refractivity contribution in [2.75, 3.05) is 5.75 Å². The second-order valence-electron chi connectivity index (χ2n) is 5.34. The van der Waals surface area contributed by atoms with Crippen molar-refractivity contribution in [2.24, 2.45) is 12.1 Å². The number of nitro groups is 1. The van der Waals surface area contributed by atoms with Crippen molar-refractivity contribution in [2.45, 2.75) is 5.16 Å². The van der Waals surface area contributed by atoms with Crippen LogP contribution in [-0.2, 0) is 11.8 Å². The first-order valence-electron chi connectivity index (χ1n) is 7.66. The third-order valence-corrected chi connectivity index (χ3v) is 4.63. The van der Waals surface area contributed by atoms with Crippen molar-refractivity contribution in [3.8, 4) is 0 Å². The summed E-state index contributed by atoms with van der Waals surface area (Å²) < 4.78 is 1.92. The number of nitrogens with zero attached hydrogens (tertiary/aromatic N) is 4. The van der Waals surface area contributed by atoms with Crippen molar-refractivity contribution in [1.29, 1.82) is 0 Å². The van der Waals surface area contributed by atoms with Gasteiger partial charge in [-0.05, 0) is 18.2 Å². The number of aryl methyl sites for hydroxylation is 1. The summed E-state index contributed by atoms with van der Waals surface area (Å²) in [5, 5.41) is 15.4. The summed E-state index contributed by atoms with van der Waals surface area (Å²) in [5.74, 6) is -0.192. The fourth-order valence-electron chi connectivity index (χ4n) is 2.35. The van der Waals surface area contributed by atoms with Gasteiger partial charge in [-0.1, -0.05) is 36.0 Å². The number of thioether (sulfide) groups is 1. The van der Waals surface area contributed by atoms with Crippen LogP contribution >= 0.6 is 11.8 Å². The number of nitro benzene ring substituents is 1. The number of rotatable bonds is 6. The second kappa shape index (κ2) is 7.79. The Morgan fingerprint density at radius 3 is 2.81 bits per heavy atom. The van der Waals surface area contributed by atoms with E-state index in [4.69, 9.17) is 0 Å². The van der Waals surface area contributed by atoms with E-state index in [1.54, 1.807) is 18.2 Å². The minimum Gasteiger partial charge on any atom is -0.322 e. The van der Waals surface area contributed by atoms with Crippen LogP contribution in [0.3, 0.4) is 0 Å². The number of carbonyl (C=O) groups excluding carboxylic acids is 1. The Hall–Kier alpha value is -3.20. The highest BCUT2D eigenvalue weighted by molar-refractivity contribution is 7.99. The Morgan fingerprint density at radius 2 is 2.04 bits per heavy atom. The predicted molar refractivity (Wildman–Crippen MR) is 100 cm³/mol. The van der Waals surface area contributed by atoms with Gasteiger partial charge in [0.2, 0.25) is 0 Å². The third kappa shape index (κ3) is 3.89. The molecule has 132 valence electrons. The Bertz CT molecular complexity index is 999. The summed E-state index contributed by atoms with van der Waals surface area (Å²) in [4.78, 5) is 26.8. The van der Waals surface area contributed by atoms with Gasteiger partial charge in [-0.15, -0.1) is 0 Å². The van der Waals surface area contributed by atoms with Crippen LogP contribution in [0.2, 0.25) is 0 Å². The molecule has 0 aliphatic heterocycles. The van der Waals surface area contributed by atoms with E-state index in [9.17, 15) is 14.9 Å². The summed E-state index contributed by atoms with van der Waals surface area (Å²) >= 11 is 1.29. The summed E-state index contributed by atoms with van der Waals surface area (Å²) in [7, 11) is 1.89. The van der Waals surface area contributed by atoms with Gasteiger partial charge in [-0.3, -0.25) is 14.9 Å². The molecule has 0 aliphatic rings. The zero-order valence-electron chi connectivity index (χ0n) is 13.8. The van der Waals surface area contributed by atoms with Gasteiger partial charge in [0.05, 0.1) is 33.5 Å². The molecule has 26 heavy (non-hydrogen) atoms. The van der Waals surface area contributed by atoms with Gasteiger partial charge in [-0.25, -0.2) is 10.4 Å². The van der Waals surface area contributed by atoms with Crippen molar-refractivity contribution < 1.29 is 9.72 Å². The van der Waals surface area contributed by atoms with Gasteiger partial charge < -0.3 is 4.57 Å². The van der Waals surface area contributed by atoms with Crippen LogP contribution in [0.15, 0.2) is 58.8 Å². The van der Waals surface area contributed by atoms with Crippen LogP contribution in [0.25, 0.3) is 11.0 Å². The number of hydrogen-bond donors (Lipinski definition) is 1. The molecule has 0 aliphatic carbocycles. The first kappa shape index (κ1) is 17.6. The molecular formula is C17H15N5O3S. The Kier molecular flexibility index (Phi) is 5.28. The highest BCUT2D eigenvalue weighted by Crippen LogP contribution is 2.22. The molecule has 9 heteroatoms. The molecule has 1 heterocycles. The predicted octanol–water partition coefficient (Wildman–Crippen LogP) is 2.72. The van der Waals surface area contributed by atoms with Gasteiger partial charge in [0.1, 0.15) is 0 Å². The molecule has 1 aromatic heterocycles. The van der Waals surface area contributed by atoms with Crippen LogP contribution in [0, 0.1) is 10.1 Å². The van der Waals surface area contributed by atoms with Crippen LogP contribution in [0.4, 0.5) is 5.69 Å². The molecular weight excluding hydrogens is 354 g/mol. The Morgan fingerprint density at radius 1 is 1.31 bits per heavy atom. The van der Waals surface area contributed by atoms with E-state index in [1.807, 2.05) is 35.9 Å². The lowest BCUT2D eigenvalue weighted by molar-refractivity contribution is -0.385. The van der Waals surface area contributed by atoms with Gasteiger partial charge in [-0.2, -0.15) is 5.10 Å². The highest BCUT2D eigenvalue weighted by Gasteiger charge is 2.11. The molecule has 0 saturated heterocycles. The van der Waals surface area contributed by atoms with E-state index in [-0.39, 0.29) is 17.3 Å². The average molecular weight is 369 g/mol. The quantitative estimate of drug-likeness (QED) is 0.311. The summed E-state index contributed by atoms with van der Waals surface area (Å²) in [5.41, 5.74) is 4.48. The number of benzene rings is 2. The van der Waals surface area contributed by atoms with E-state index in [2.05, 4.69) is 15.5 Å². The lowest BCUT2D eigenvalue weighted by Gasteiger charge is -2.01. The highest BCUT2D eigenvalue weighted by atomic mass is 32.2. The standard InChI is InChI=1S/C17H15N5O3S/c1-21-15-9-5-3-7-13(15)19-17(21)26-11-16(23)20-18-10-12-6-2-4-8-14(12)22(24)25/h2-10H,11H2,1H3,(H,20,23)/b18-10-. The molecule has 0 bridgehead atoms. The largest absolute Gasteiger partial charge is 0.322 e. The molecule has 0 fully saturated rings. The Balaban J connectivity index is 1.59. The number of hydrogen-bond acceptors (Lipinski definition) is 6. The summed E-state index contributed by atoms with van der Waals surface area (Å²) in [6.07, 6.45) is 1.26. The maximum Gasteiger partial charge on any atom is 0.278 e. The van der Waals surface area contributed by atoms with E-state index < -0.39 is 4.92 Å². The first-order valence-corrected chi connectivity index (χ1v) is 8.64. The SMILES string of the molecule is Cn1c(SCC(=O)N/N=C\c2ccccc2[N+](=O)[O-])nc2ccccc21. The molecule has 0 radical (unpaired) electrons. The van der Waals surface area contributed by atoms with Crippen LogP contribution in [0.5, 0.6) is 0 Å². The molecule has 1 N–H and O–H groups in total. The maximum absolute atomic E-state index is 11.9. The zero-order chi connectivity index (χ0) is 18.5. The van der Waals surface area contributed by atoms with E-state index in [1.165, 1.54) is 24.0 Å². The molecule has 8 nitrogen and oxygen atoms in total. The normalized spacial score (nSPS) is 11.1. The smallest absolute Gasteiger partial charge is 0.278 e. The van der Waals surface area contributed by atoms with Crippen molar-refractivity contribution in [1.82, 2.24) is 15.0 Å². The van der Waals surface area contributed by atoms with Crippen LogP contribution < -0.4 is 5.43 Å². The lowest BCUT2D eigenvalue weighted by Crippen LogP contribution is -2.20. The van der Waals surface area contributed by atoms with Gasteiger partial charge in [0.15, 0.2) is 5.16 Å². The molecule has 0 atom stereocenters. The number of para-hydroxylation sites is 3. The van der Waals surface area contributed by atoms with Crippen molar-refractivity contribution in [3.63, 3.8) is 0 Å². The summed E-state index contributed by atoms with van der Waals surface area (Å²) in [6.45, 7) is 0. The number of nitrogens with one attached hydrogen (secondary N) is 1. The van der Waals surface area contributed by atoms with Crippen LogP contribution in [-0.4, -0.2) is 32.3 Å². The van der Waals surface area contributed by atoms with E-state index in [0.717, 1.165) is 16.2 Å². The zero-order valence-corrected chi connectivity index (χ0v) is 14.6. The molecule has 0 spiro atoms. The lowest BCUT2D eigenvalue weighted by atomic mass is 10.2. The van der Waals surface area contributed by atoms with E-state index >= 15 is 0 Å². The number of hydrazone groups is 1. The average Bonchev–Trinajstić information content (AvgIpc) is 2.96. The van der Waals surface area contributed by atoms with Gasteiger partial charge in [0.25, 0.3) is 11.6 Å². The monoisotopic (exact) mass is 369 g/mol. The fraction of sp³-hybridized carbons (Fsp3) is 0.118. The Labute approximate surface area is 153 Å². The molecule has 1 amide bonds. The minimum atomic E-state index is -0.495. The molecule has 3 rings (SSSR count). The molecule has 2 aromatic carbocycles. The van der Waals surface area contributed by atoms with Gasteiger partial charge in [0, 0.05) is 13.1 Å². The van der Waals surface area contributed by atoms with Crippen molar-refractivity contribution >= 4 is 40.6 Å². The minimum absolute atomic E-state index is 0.0698. The number of imidazole rings is 1. The number of carbonyl (C=O) groups is 1. The maximum atomic E-state index is 11.9. The fourth-order valence-corrected chi connectivity index (χ4v) is 3.13. The summed E-state index contributed by atoms with van der Waals surface area (Å²) in [6, 6.07) is 13.9. The van der Waals surface area contributed by atoms with Gasteiger partial charge >= 0.3 is 0 Å². The third-order valence-electron chi connectivity index (χ3n) is 3.60. The topological polar surface area (TPSA) is 102 Å². The van der Waals surface area contributed by atoms with Crippen molar-refractivity contribution in [3.05, 3.63) is 64.2 Å². The molecule has 0 saturated carbocycles. The van der Waals surface area contributed by atoms with E-state index in [0.29, 0.717) is 5.56 Å².